The molecular formula is C11H22O3S. The first-order chi connectivity index (χ1) is 6.67. The third kappa shape index (κ3) is 2.94. The molecule has 0 saturated heterocycles. The van der Waals surface area contributed by atoms with E-state index in [1.165, 1.54) is 6.26 Å². The molecule has 3 nitrogen and oxygen atoms in total. The van der Waals surface area contributed by atoms with E-state index in [0.717, 1.165) is 12.8 Å². The minimum absolute atomic E-state index is 0.145. The lowest BCUT2D eigenvalue weighted by atomic mass is 9.62. The number of sulfone groups is 1. The van der Waals surface area contributed by atoms with Crippen LogP contribution in [-0.4, -0.2) is 33.1 Å². The fraction of sp³-hybridized carbons (Fsp3) is 1.00. The van der Waals surface area contributed by atoms with Crippen molar-refractivity contribution in [3.05, 3.63) is 0 Å². The summed E-state index contributed by atoms with van der Waals surface area (Å²) in [5, 5.41) is -0.399. The van der Waals surface area contributed by atoms with Gasteiger partial charge in [0.05, 0.1) is 11.4 Å². The summed E-state index contributed by atoms with van der Waals surface area (Å²) in [7, 11) is -1.39. The van der Waals surface area contributed by atoms with Crippen LogP contribution in [0.15, 0.2) is 0 Å². The predicted molar refractivity (Wildman–Crippen MR) is 61.6 cm³/mol. The maximum absolute atomic E-state index is 11.5. The molecule has 0 unspecified atom stereocenters. The standard InChI is InChI=1S/C11H22O3S/c1-8(15(5,12)13)10(14-4)9-6-11(2,3)7-9/h8-10H,6-7H2,1-5H3/t8-,10+/m0/s1. The minimum Gasteiger partial charge on any atom is -0.380 e. The average molecular weight is 234 g/mol. The van der Waals surface area contributed by atoms with Gasteiger partial charge < -0.3 is 4.74 Å². The molecule has 0 aliphatic heterocycles. The normalized spacial score (nSPS) is 25.7. The Morgan fingerprint density at radius 1 is 1.33 bits per heavy atom. The lowest BCUT2D eigenvalue weighted by molar-refractivity contribution is -0.0367. The molecule has 0 N–H and O–H groups in total. The van der Waals surface area contributed by atoms with Crippen molar-refractivity contribution in [1.82, 2.24) is 0 Å². The van der Waals surface area contributed by atoms with E-state index >= 15 is 0 Å². The molecule has 4 heteroatoms. The molecule has 1 rings (SSSR count). The average Bonchev–Trinajstić information content (AvgIpc) is 2.00. The second kappa shape index (κ2) is 4.06. The van der Waals surface area contributed by atoms with Gasteiger partial charge in [0, 0.05) is 13.4 Å². The summed E-state index contributed by atoms with van der Waals surface area (Å²) in [4.78, 5) is 0. The first kappa shape index (κ1) is 13.0. The van der Waals surface area contributed by atoms with Crippen LogP contribution in [0.2, 0.25) is 0 Å². The van der Waals surface area contributed by atoms with Gasteiger partial charge in [-0.1, -0.05) is 13.8 Å². The Hall–Kier alpha value is -0.0900. The highest BCUT2D eigenvalue weighted by atomic mass is 32.2. The van der Waals surface area contributed by atoms with Crippen molar-refractivity contribution < 1.29 is 13.2 Å². The Balaban J connectivity index is 2.66. The third-order valence-electron chi connectivity index (χ3n) is 3.50. The zero-order valence-electron chi connectivity index (χ0n) is 10.3. The highest BCUT2D eigenvalue weighted by Crippen LogP contribution is 2.47. The largest absolute Gasteiger partial charge is 0.380 e. The minimum atomic E-state index is -3.00. The molecule has 15 heavy (non-hydrogen) atoms. The van der Waals surface area contributed by atoms with Crippen LogP contribution >= 0.6 is 0 Å². The van der Waals surface area contributed by atoms with Crippen LogP contribution < -0.4 is 0 Å². The summed E-state index contributed by atoms with van der Waals surface area (Å²) >= 11 is 0. The summed E-state index contributed by atoms with van der Waals surface area (Å²) in [6.07, 6.45) is 3.26. The van der Waals surface area contributed by atoms with E-state index in [0.29, 0.717) is 11.3 Å². The van der Waals surface area contributed by atoms with E-state index < -0.39 is 15.1 Å². The van der Waals surface area contributed by atoms with Crippen LogP contribution in [0.1, 0.15) is 33.6 Å². The van der Waals surface area contributed by atoms with Crippen molar-refractivity contribution in [2.24, 2.45) is 11.3 Å². The van der Waals surface area contributed by atoms with Gasteiger partial charge in [0.2, 0.25) is 0 Å². The van der Waals surface area contributed by atoms with E-state index in [2.05, 4.69) is 13.8 Å². The van der Waals surface area contributed by atoms with Gasteiger partial charge in [-0.25, -0.2) is 8.42 Å². The molecule has 0 radical (unpaired) electrons. The van der Waals surface area contributed by atoms with Crippen LogP contribution in [0, 0.1) is 11.3 Å². The van der Waals surface area contributed by atoms with E-state index in [4.69, 9.17) is 4.74 Å². The number of ether oxygens (including phenoxy) is 1. The van der Waals surface area contributed by atoms with Gasteiger partial charge in [0.25, 0.3) is 0 Å². The number of methoxy groups -OCH3 is 1. The van der Waals surface area contributed by atoms with Gasteiger partial charge in [0.1, 0.15) is 0 Å². The van der Waals surface area contributed by atoms with E-state index in [1.807, 2.05) is 0 Å². The molecule has 0 aromatic rings. The second-order valence-corrected chi connectivity index (χ2v) is 7.97. The lowest BCUT2D eigenvalue weighted by Crippen LogP contribution is -2.46. The van der Waals surface area contributed by atoms with Crippen LogP contribution in [0.4, 0.5) is 0 Å². The molecule has 0 bridgehead atoms. The maximum Gasteiger partial charge on any atom is 0.152 e. The first-order valence-corrected chi connectivity index (χ1v) is 7.34. The molecular weight excluding hydrogens is 212 g/mol. The fourth-order valence-electron chi connectivity index (χ4n) is 2.60. The summed E-state index contributed by atoms with van der Waals surface area (Å²) < 4.78 is 28.3. The zero-order valence-corrected chi connectivity index (χ0v) is 11.1. The highest BCUT2D eigenvalue weighted by Gasteiger charge is 2.44. The Labute approximate surface area is 93.1 Å². The SMILES string of the molecule is CO[C@@H](C1CC(C)(C)C1)[C@H](C)S(C)(=O)=O. The van der Waals surface area contributed by atoms with Crippen LogP contribution in [0.3, 0.4) is 0 Å². The van der Waals surface area contributed by atoms with Crippen molar-refractivity contribution in [1.29, 1.82) is 0 Å². The molecule has 0 heterocycles. The molecule has 0 aromatic carbocycles. The van der Waals surface area contributed by atoms with Gasteiger partial charge >= 0.3 is 0 Å². The molecule has 1 saturated carbocycles. The van der Waals surface area contributed by atoms with Crippen LogP contribution in [-0.2, 0) is 14.6 Å². The monoisotopic (exact) mass is 234 g/mol. The fourth-order valence-corrected chi connectivity index (χ4v) is 3.42. The van der Waals surface area contributed by atoms with Crippen molar-refractivity contribution >= 4 is 9.84 Å². The van der Waals surface area contributed by atoms with Crippen molar-refractivity contribution in [2.75, 3.05) is 13.4 Å². The number of rotatable bonds is 4. The maximum atomic E-state index is 11.5. The first-order valence-electron chi connectivity index (χ1n) is 5.39. The van der Waals surface area contributed by atoms with Crippen LogP contribution in [0.5, 0.6) is 0 Å². The zero-order chi connectivity index (χ0) is 11.9. The topological polar surface area (TPSA) is 43.4 Å². The van der Waals surface area contributed by atoms with Gasteiger partial charge in [-0.05, 0) is 31.1 Å². The molecule has 2 atom stereocenters. The van der Waals surface area contributed by atoms with Crippen molar-refractivity contribution in [3.8, 4) is 0 Å². The second-order valence-electron chi connectivity index (χ2n) is 5.57. The van der Waals surface area contributed by atoms with E-state index in [9.17, 15) is 8.42 Å². The van der Waals surface area contributed by atoms with Crippen LogP contribution in [0.25, 0.3) is 0 Å². The Morgan fingerprint density at radius 3 is 2.07 bits per heavy atom. The van der Waals surface area contributed by atoms with Crippen molar-refractivity contribution in [2.45, 2.75) is 45.0 Å². The molecule has 0 amide bonds. The Bertz CT molecular complexity index is 311. The lowest BCUT2D eigenvalue weighted by Gasteiger charge is -2.47. The van der Waals surface area contributed by atoms with E-state index in [1.54, 1.807) is 14.0 Å². The van der Waals surface area contributed by atoms with E-state index in [-0.39, 0.29) is 6.10 Å². The predicted octanol–water partition coefficient (Wildman–Crippen LogP) is 1.87. The molecule has 1 aliphatic carbocycles. The molecule has 0 spiro atoms. The Morgan fingerprint density at radius 2 is 1.80 bits per heavy atom. The number of hydrogen-bond acceptors (Lipinski definition) is 3. The van der Waals surface area contributed by atoms with Gasteiger partial charge in [-0.3, -0.25) is 0 Å². The highest BCUT2D eigenvalue weighted by molar-refractivity contribution is 7.91. The van der Waals surface area contributed by atoms with Gasteiger partial charge in [-0.2, -0.15) is 0 Å². The van der Waals surface area contributed by atoms with Crippen molar-refractivity contribution in [3.63, 3.8) is 0 Å². The molecule has 1 aliphatic rings. The molecule has 90 valence electrons. The molecule has 1 fully saturated rings. The van der Waals surface area contributed by atoms with Gasteiger partial charge in [0.15, 0.2) is 9.84 Å². The molecule has 0 aromatic heterocycles. The third-order valence-corrected chi connectivity index (χ3v) is 5.12. The number of hydrogen-bond donors (Lipinski definition) is 0. The smallest absolute Gasteiger partial charge is 0.152 e. The summed E-state index contributed by atoms with van der Waals surface area (Å²) in [5.41, 5.74) is 0.360. The Kier molecular flexibility index (Phi) is 3.51. The summed E-state index contributed by atoms with van der Waals surface area (Å²) in [6.45, 7) is 6.16. The summed E-state index contributed by atoms with van der Waals surface area (Å²) in [5.74, 6) is 0.398. The summed E-state index contributed by atoms with van der Waals surface area (Å²) in [6, 6.07) is 0. The quantitative estimate of drug-likeness (QED) is 0.746. The van der Waals surface area contributed by atoms with Gasteiger partial charge in [-0.15, -0.1) is 0 Å².